The smallest absolute Gasteiger partial charge is 0.323 e. The average molecular weight is 217 g/mol. The van der Waals surface area contributed by atoms with Crippen LogP contribution < -0.4 is 0 Å². The number of nitrogens with zero attached hydrogens (tertiary/aromatic N) is 1. The van der Waals surface area contributed by atoms with Crippen molar-refractivity contribution in [1.82, 2.24) is 4.90 Å². The first-order valence-electron chi connectivity index (χ1n) is 5.61. The van der Waals surface area contributed by atoms with Crippen LogP contribution in [-0.2, 0) is 9.53 Å². The zero-order valence-electron chi connectivity index (χ0n) is 10.0. The number of rotatable bonds is 8. The Balaban J connectivity index is 3.68. The van der Waals surface area contributed by atoms with Gasteiger partial charge in [-0.1, -0.05) is 0 Å². The van der Waals surface area contributed by atoms with Crippen molar-refractivity contribution in [2.45, 2.75) is 39.2 Å². The number of carbonyl (C=O) groups is 1. The van der Waals surface area contributed by atoms with Gasteiger partial charge in [-0.15, -0.1) is 0 Å². The maximum absolute atomic E-state index is 11.4. The molecule has 4 heteroatoms. The van der Waals surface area contributed by atoms with E-state index >= 15 is 0 Å². The van der Waals surface area contributed by atoms with Gasteiger partial charge in [-0.2, -0.15) is 0 Å². The zero-order valence-corrected chi connectivity index (χ0v) is 10.0. The molecule has 0 aliphatic rings. The van der Waals surface area contributed by atoms with Crippen molar-refractivity contribution in [3.63, 3.8) is 0 Å². The van der Waals surface area contributed by atoms with Crippen LogP contribution in [0.3, 0.4) is 0 Å². The summed E-state index contributed by atoms with van der Waals surface area (Å²) in [7, 11) is 1.92. The van der Waals surface area contributed by atoms with Crippen LogP contribution in [0.2, 0.25) is 0 Å². The maximum atomic E-state index is 11.4. The minimum atomic E-state index is -0.181. The van der Waals surface area contributed by atoms with Gasteiger partial charge in [0.1, 0.15) is 6.04 Å². The molecule has 0 rings (SSSR count). The molecular weight excluding hydrogens is 194 g/mol. The minimum Gasteiger partial charge on any atom is -0.465 e. The Hall–Kier alpha value is -0.610. The lowest BCUT2D eigenvalue weighted by Crippen LogP contribution is -2.37. The Labute approximate surface area is 92.2 Å². The van der Waals surface area contributed by atoms with Gasteiger partial charge in [-0.25, -0.2) is 0 Å². The van der Waals surface area contributed by atoms with Crippen LogP contribution in [0.1, 0.15) is 33.1 Å². The fourth-order valence-corrected chi connectivity index (χ4v) is 1.29. The topological polar surface area (TPSA) is 49.8 Å². The Morgan fingerprint density at radius 1 is 1.40 bits per heavy atom. The second-order valence-corrected chi connectivity index (χ2v) is 3.69. The number of aliphatic hydroxyl groups excluding tert-OH is 1. The highest BCUT2D eigenvalue weighted by atomic mass is 16.5. The summed E-state index contributed by atoms with van der Waals surface area (Å²) >= 11 is 0. The van der Waals surface area contributed by atoms with Gasteiger partial charge in [0.05, 0.1) is 6.61 Å². The Kier molecular flexibility index (Phi) is 8.33. The summed E-state index contributed by atoms with van der Waals surface area (Å²) in [6.07, 6.45) is 2.83. The van der Waals surface area contributed by atoms with Crippen molar-refractivity contribution in [2.24, 2.45) is 0 Å². The summed E-state index contributed by atoms with van der Waals surface area (Å²) in [6.45, 7) is 5.20. The first kappa shape index (κ1) is 14.4. The lowest BCUT2D eigenvalue weighted by molar-refractivity contribution is -0.148. The molecule has 0 fully saturated rings. The summed E-state index contributed by atoms with van der Waals surface area (Å²) < 4.78 is 4.93. The molecule has 0 aliphatic carbocycles. The lowest BCUT2D eigenvalue weighted by Gasteiger charge is -2.22. The van der Waals surface area contributed by atoms with Crippen molar-refractivity contribution < 1.29 is 14.6 Å². The van der Waals surface area contributed by atoms with E-state index in [1.54, 1.807) is 0 Å². The lowest BCUT2D eigenvalue weighted by atomic mass is 10.2. The first-order valence-corrected chi connectivity index (χ1v) is 5.61. The summed E-state index contributed by atoms with van der Waals surface area (Å²) in [4.78, 5) is 13.4. The number of likely N-dealkylation sites (N-methyl/N-ethyl adjacent to an activating group) is 1. The molecule has 0 aliphatic heterocycles. The van der Waals surface area contributed by atoms with Gasteiger partial charge < -0.3 is 9.84 Å². The zero-order chi connectivity index (χ0) is 11.7. The number of carbonyl (C=O) groups excluding carboxylic acids is 1. The van der Waals surface area contributed by atoms with E-state index < -0.39 is 0 Å². The van der Waals surface area contributed by atoms with Crippen LogP contribution >= 0.6 is 0 Å². The second kappa shape index (κ2) is 8.68. The van der Waals surface area contributed by atoms with Crippen molar-refractivity contribution in [3.8, 4) is 0 Å². The first-order chi connectivity index (χ1) is 7.13. The molecule has 90 valence electrons. The Morgan fingerprint density at radius 2 is 2.07 bits per heavy atom. The fraction of sp³-hybridized carbons (Fsp3) is 0.909. The SMILES string of the molecule is CCOC(=O)C(C)N(C)CCCCCO. The van der Waals surface area contributed by atoms with E-state index in [2.05, 4.69) is 0 Å². The van der Waals surface area contributed by atoms with E-state index in [4.69, 9.17) is 9.84 Å². The minimum absolute atomic E-state index is 0.165. The maximum Gasteiger partial charge on any atom is 0.323 e. The van der Waals surface area contributed by atoms with E-state index in [9.17, 15) is 4.79 Å². The van der Waals surface area contributed by atoms with Crippen molar-refractivity contribution >= 4 is 5.97 Å². The molecule has 0 saturated carbocycles. The summed E-state index contributed by atoms with van der Waals surface area (Å²) in [5.74, 6) is -0.165. The summed E-state index contributed by atoms with van der Waals surface area (Å²) in [6, 6.07) is -0.181. The standard InChI is InChI=1S/C11H23NO3/c1-4-15-11(14)10(2)12(3)8-6-5-7-9-13/h10,13H,4-9H2,1-3H3. The summed E-state index contributed by atoms with van der Waals surface area (Å²) in [5, 5.41) is 8.61. The number of aliphatic hydroxyl groups is 1. The molecule has 4 nitrogen and oxygen atoms in total. The number of hydrogen-bond donors (Lipinski definition) is 1. The highest BCUT2D eigenvalue weighted by molar-refractivity contribution is 5.75. The molecule has 0 aromatic carbocycles. The van der Waals surface area contributed by atoms with E-state index in [0.717, 1.165) is 25.8 Å². The summed E-state index contributed by atoms with van der Waals surface area (Å²) in [5.41, 5.74) is 0. The van der Waals surface area contributed by atoms with Crippen LogP contribution in [0.5, 0.6) is 0 Å². The Bertz CT molecular complexity index is 173. The molecule has 0 aromatic rings. The third kappa shape index (κ3) is 6.47. The number of ether oxygens (including phenoxy) is 1. The van der Waals surface area contributed by atoms with Crippen molar-refractivity contribution in [1.29, 1.82) is 0 Å². The van der Waals surface area contributed by atoms with Gasteiger partial charge in [0, 0.05) is 6.61 Å². The molecule has 0 spiro atoms. The normalized spacial score (nSPS) is 12.9. The molecule has 0 aromatic heterocycles. The number of esters is 1. The van der Waals surface area contributed by atoms with Gasteiger partial charge in [-0.05, 0) is 46.7 Å². The number of hydrogen-bond acceptors (Lipinski definition) is 4. The molecular formula is C11H23NO3. The van der Waals surface area contributed by atoms with E-state index in [1.165, 1.54) is 0 Å². The van der Waals surface area contributed by atoms with E-state index in [1.807, 2.05) is 25.8 Å². The van der Waals surface area contributed by atoms with E-state index in [0.29, 0.717) is 6.61 Å². The largest absolute Gasteiger partial charge is 0.465 e. The van der Waals surface area contributed by atoms with Gasteiger partial charge in [-0.3, -0.25) is 9.69 Å². The predicted octanol–water partition coefficient (Wildman–Crippen LogP) is 1.03. The highest BCUT2D eigenvalue weighted by Gasteiger charge is 2.18. The predicted molar refractivity (Wildman–Crippen MR) is 59.7 cm³/mol. The van der Waals surface area contributed by atoms with Crippen LogP contribution in [0.15, 0.2) is 0 Å². The molecule has 15 heavy (non-hydrogen) atoms. The molecule has 1 unspecified atom stereocenters. The van der Waals surface area contributed by atoms with Gasteiger partial charge in [0.2, 0.25) is 0 Å². The van der Waals surface area contributed by atoms with Crippen molar-refractivity contribution in [3.05, 3.63) is 0 Å². The monoisotopic (exact) mass is 217 g/mol. The molecule has 0 heterocycles. The molecule has 0 saturated heterocycles. The molecule has 1 atom stereocenters. The van der Waals surface area contributed by atoms with Crippen LogP contribution in [-0.4, -0.2) is 48.8 Å². The van der Waals surface area contributed by atoms with Crippen molar-refractivity contribution in [2.75, 3.05) is 26.8 Å². The van der Waals surface area contributed by atoms with E-state index in [-0.39, 0.29) is 18.6 Å². The third-order valence-electron chi connectivity index (χ3n) is 2.46. The second-order valence-electron chi connectivity index (χ2n) is 3.69. The van der Waals surface area contributed by atoms with Crippen LogP contribution in [0.25, 0.3) is 0 Å². The molecule has 1 N–H and O–H groups in total. The molecule has 0 bridgehead atoms. The van der Waals surface area contributed by atoms with Crippen LogP contribution in [0.4, 0.5) is 0 Å². The Morgan fingerprint density at radius 3 is 2.60 bits per heavy atom. The van der Waals surface area contributed by atoms with Gasteiger partial charge in [0.15, 0.2) is 0 Å². The molecule has 0 amide bonds. The van der Waals surface area contributed by atoms with Gasteiger partial charge in [0.25, 0.3) is 0 Å². The molecule has 0 radical (unpaired) electrons. The van der Waals surface area contributed by atoms with Crippen LogP contribution in [0, 0.1) is 0 Å². The highest BCUT2D eigenvalue weighted by Crippen LogP contribution is 2.02. The van der Waals surface area contributed by atoms with Gasteiger partial charge >= 0.3 is 5.97 Å². The number of unbranched alkanes of at least 4 members (excludes halogenated alkanes) is 2. The third-order valence-corrected chi connectivity index (χ3v) is 2.46. The quantitative estimate of drug-likeness (QED) is 0.487. The average Bonchev–Trinajstić information content (AvgIpc) is 2.23. The fourth-order valence-electron chi connectivity index (χ4n) is 1.29.